The zero-order chi connectivity index (χ0) is 21.2. The highest BCUT2D eigenvalue weighted by molar-refractivity contribution is 5.24. The lowest BCUT2D eigenvalue weighted by atomic mass is 9.73. The largest absolute Gasteiger partial charge is 0.498 e. The summed E-state index contributed by atoms with van der Waals surface area (Å²) < 4.78 is 44.6. The van der Waals surface area contributed by atoms with Crippen LogP contribution >= 0.6 is 0 Å². The van der Waals surface area contributed by atoms with Crippen LogP contribution in [-0.4, -0.2) is 26.4 Å². The number of hydrogen-bond donors (Lipinski definition) is 0. The molecule has 168 valence electrons. The fraction of sp³-hybridized carbons (Fsp3) is 0.833. The third-order valence-electron chi connectivity index (χ3n) is 6.73. The number of methoxy groups -OCH3 is 1. The summed E-state index contributed by atoms with van der Waals surface area (Å²) in [6, 6.07) is 0. The van der Waals surface area contributed by atoms with Crippen molar-refractivity contribution >= 4 is 0 Å². The van der Waals surface area contributed by atoms with Crippen LogP contribution in [0.5, 0.6) is 0 Å². The normalized spacial score (nSPS) is 29.7. The van der Waals surface area contributed by atoms with E-state index >= 15 is 0 Å². The van der Waals surface area contributed by atoms with Gasteiger partial charge in [-0.3, -0.25) is 0 Å². The molecule has 0 aromatic rings. The van der Waals surface area contributed by atoms with E-state index in [-0.39, 0.29) is 30.6 Å². The van der Waals surface area contributed by atoms with Gasteiger partial charge in [-0.05, 0) is 50.4 Å². The molecule has 2 fully saturated rings. The maximum atomic E-state index is 14.2. The zero-order valence-corrected chi connectivity index (χ0v) is 18.8. The fourth-order valence-electron chi connectivity index (χ4n) is 4.72. The van der Waals surface area contributed by atoms with Crippen LogP contribution in [0, 0.1) is 17.8 Å². The molecule has 1 saturated carbocycles. The Labute approximate surface area is 175 Å². The van der Waals surface area contributed by atoms with E-state index < -0.39 is 11.7 Å². The summed E-state index contributed by atoms with van der Waals surface area (Å²) in [6.07, 6.45) is 11.8. The van der Waals surface area contributed by atoms with Crippen molar-refractivity contribution in [2.75, 3.05) is 20.3 Å². The molecule has 0 radical (unpaired) electrons. The molecule has 2 rings (SSSR count). The van der Waals surface area contributed by atoms with Crippen molar-refractivity contribution in [1.29, 1.82) is 0 Å². The monoisotopic (exact) mass is 414 g/mol. The van der Waals surface area contributed by atoms with Crippen LogP contribution in [0.1, 0.15) is 85.0 Å². The van der Waals surface area contributed by atoms with E-state index in [1.165, 1.54) is 59.0 Å². The van der Waals surface area contributed by atoms with E-state index in [2.05, 4.69) is 6.92 Å². The van der Waals surface area contributed by atoms with E-state index in [0.717, 1.165) is 31.3 Å². The second kappa shape index (κ2) is 12.6. The predicted octanol–water partition coefficient (Wildman–Crippen LogP) is 7.23. The molecular weight excluding hydrogens is 374 g/mol. The molecule has 29 heavy (non-hydrogen) atoms. The van der Waals surface area contributed by atoms with Crippen molar-refractivity contribution in [2.24, 2.45) is 17.8 Å². The van der Waals surface area contributed by atoms with Gasteiger partial charge in [0.05, 0.1) is 19.8 Å². The summed E-state index contributed by atoms with van der Waals surface area (Å²) in [4.78, 5) is 0. The molecule has 1 aliphatic heterocycles. The van der Waals surface area contributed by atoms with Crippen molar-refractivity contribution in [3.05, 3.63) is 23.2 Å². The molecule has 1 aliphatic carbocycles. The van der Waals surface area contributed by atoms with Crippen molar-refractivity contribution < 1.29 is 23.0 Å². The van der Waals surface area contributed by atoms with Gasteiger partial charge in [-0.15, -0.1) is 0 Å². The SMILES string of the molecule is CCCCC1CCC(C2CCC(CO/C(C)=C(F)/C(F)=C(\CC)OC)OC2)CC1. The highest BCUT2D eigenvalue weighted by atomic mass is 19.2. The van der Waals surface area contributed by atoms with Crippen molar-refractivity contribution in [3.8, 4) is 0 Å². The summed E-state index contributed by atoms with van der Waals surface area (Å²) in [6.45, 7) is 6.46. The van der Waals surface area contributed by atoms with Crippen LogP contribution in [0.3, 0.4) is 0 Å². The first kappa shape index (κ1) is 24.2. The Morgan fingerprint density at radius 3 is 2.21 bits per heavy atom. The Balaban J connectivity index is 1.73. The lowest BCUT2D eigenvalue weighted by Gasteiger charge is -2.37. The molecular formula is C24H40F2O3. The van der Waals surface area contributed by atoms with E-state index in [4.69, 9.17) is 14.2 Å². The van der Waals surface area contributed by atoms with E-state index in [0.29, 0.717) is 5.92 Å². The standard InChI is InChI=1S/C24H40F2O3/c1-5-7-8-18-9-11-19(12-10-18)20-13-14-21(29-15-20)16-28-17(3)23(25)24(26)22(6-2)27-4/h18-21H,5-16H2,1-4H3/b23-17-,24-22-. The molecule has 2 atom stereocenters. The van der Waals surface area contributed by atoms with Crippen molar-refractivity contribution in [3.63, 3.8) is 0 Å². The molecule has 1 saturated heterocycles. The van der Waals surface area contributed by atoms with Gasteiger partial charge in [0.25, 0.3) is 0 Å². The minimum absolute atomic E-state index is 0.00776. The molecule has 1 heterocycles. The Morgan fingerprint density at radius 1 is 0.966 bits per heavy atom. The van der Waals surface area contributed by atoms with Crippen LogP contribution in [0.4, 0.5) is 8.78 Å². The first-order valence-corrected chi connectivity index (χ1v) is 11.5. The lowest BCUT2D eigenvalue weighted by Crippen LogP contribution is -2.34. The highest BCUT2D eigenvalue weighted by Crippen LogP contribution is 2.39. The van der Waals surface area contributed by atoms with Crippen LogP contribution < -0.4 is 0 Å². The average molecular weight is 415 g/mol. The summed E-state index contributed by atoms with van der Waals surface area (Å²) >= 11 is 0. The number of halogens is 2. The molecule has 0 spiro atoms. The van der Waals surface area contributed by atoms with Gasteiger partial charge in [0.2, 0.25) is 0 Å². The minimum Gasteiger partial charge on any atom is -0.498 e. The number of unbranched alkanes of at least 4 members (excludes halogenated alkanes) is 1. The quantitative estimate of drug-likeness (QED) is 0.279. The van der Waals surface area contributed by atoms with Crippen LogP contribution in [0.15, 0.2) is 23.2 Å². The number of hydrogen-bond acceptors (Lipinski definition) is 3. The number of ether oxygens (including phenoxy) is 3. The molecule has 0 bridgehead atoms. The van der Waals surface area contributed by atoms with Crippen LogP contribution in [0.25, 0.3) is 0 Å². The first-order valence-electron chi connectivity index (χ1n) is 11.5. The Kier molecular flexibility index (Phi) is 10.5. The van der Waals surface area contributed by atoms with Gasteiger partial charge in [0, 0.05) is 6.42 Å². The molecule has 0 N–H and O–H groups in total. The predicted molar refractivity (Wildman–Crippen MR) is 113 cm³/mol. The maximum absolute atomic E-state index is 14.2. The highest BCUT2D eigenvalue weighted by Gasteiger charge is 2.31. The summed E-state index contributed by atoms with van der Waals surface area (Å²) in [5, 5.41) is 0. The third-order valence-corrected chi connectivity index (χ3v) is 6.73. The van der Waals surface area contributed by atoms with Gasteiger partial charge in [0.1, 0.15) is 18.1 Å². The van der Waals surface area contributed by atoms with Gasteiger partial charge in [-0.1, -0.05) is 46.0 Å². The Bertz CT molecular complexity index is 536. The second-order valence-electron chi connectivity index (χ2n) is 8.69. The van der Waals surface area contributed by atoms with Gasteiger partial charge in [-0.25, -0.2) is 0 Å². The molecule has 2 unspecified atom stereocenters. The van der Waals surface area contributed by atoms with Crippen molar-refractivity contribution in [2.45, 2.75) is 91.1 Å². The minimum atomic E-state index is -0.989. The summed E-state index contributed by atoms with van der Waals surface area (Å²) in [7, 11) is 1.34. The van der Waals surface area contributed by atoms with E-state index in [1.54, 1.807) is 6.92 Å². The molecule has 0 aromatic heterocycles. The zero-order valence-electron chi connectivity index (χ0n) is 18.8. The fourth-order valence-corrected chi connectivity index (χ4v) is 4.72. The van der Waals surface area contributed by atoms with Gasteiger partial charge in [-0.2, -0.15) is 8.78 Å². The Hall–Kier alpha value is -1.10. The molecule has 5 heteroatoms. The molecule has 3 nitrogen and oxygen atoms in total. The van der Waals surface area contributed by atoms with Gasteiger partial charge < -0.3 is 14.2 Å². The van der Waals surface area contributed by atoms with Gasteiger partial charge in [0.15, 0.2) is 11.7 Å². The van der Waals surface area contributed by atoms with Crippen LogP contribution in [-0.2, 0) is 14.2 Å². The summed E-state index contributed by atoms with van der Waals surface area (Å²) in [5.74, 6) is 0.329. The third kappa shape index (κ3) is 7.27. The first-order chi connectivity index (χ1) is 14.0. The molecule has 0 amide bonds. The second-order valence-corrected chi connectivity index (χ2v) is 8.69. The van der Waals surface area contributed by atoms with Crippen LogP contribution in [0.2, 0.25) is 0 Å². The maximum Gasteiger partial charge on any atom is 0.199 e. The topological polar surface area (TPSA) is 27.7 Å². The van der Waals surface area contributed by atoms with Crippen molar-refractivity contribution in [1.82, 2.24) is 0 Å². The Morgan fingerprint density at radius 2 is 1.66 bits per heavy atom. The smallest absolute Gasteiger partial charge is 0.199 e. The number of rotatable bonds is 10. The molecule has 0 aromatic carbocycles. The van der Waals surface area contributed by atoms with Gasteiger partial charge >= 0.3 is 0 Å². The average Bonchev–Trinajstić information content (AvgIpc) is 2.77. The van der Waals surface area contributed by atoms with E-state index in [9.17, 15) is 8.78 Å². The molecule has 2 aliphatic rings. The number of allylic oxidation sites excluding steroid dienone is 4. The lowest BCUT2D eigenvalue weighted by molar-refractivity contribution is -0.0659. The summed E-state index contributed by atoms with van der Waals surface area (Å²) in [5.41, 5.74) is 0. The van der Waals surface area contributed by atoms with E-state index in [1.807, 2.05) is 0 Å².